The topological polar surface area (TPSA) is 80.1 Å². The average Bonchev–Trinajstić information content (AvgIpc) is 2.84. The van der Waals surface area contributed by atoms with E-state index in [0.717, 1.165) is 16.5 Å². The number of carbonyl (C=O) groups excluding carboxylic acids is 1. The number of rotatable bonds is 4. The van der Waals surface area contributed by atoms with Crippen LogP contribution in [0.1, 0.15) is 32.3 Å². The van der Waals surface area contributed by atoms with Gasteiger partial charge in [-0.2, -0.15) is 0 Å². The number of hydrogen-bond donors (Lipinski definition) is 3. The normalized spacial score (nSPS) is 13.1. The van der Waals surface area contributed by atoms with E-state index in [2.05, 4.69) is 16.4 Å². The molecule has 1 amide bonds. The Morgan fingerprint density at radius 3 is 2.81 bits per heavy atom. The molecule has 114 valence electrons. The Kier molecular flexibility index (Phi) is 4.53. The number of H-pyrrole nitrogens is 1. The van der Waals surface area contributed by atoms with Gasteiger partial charge in [0.1, 0.15) is 5.60 Å². The molecule has 0 aliphatic carbocycles. The lowest BCUT2D eigenvalue weighted by Gasteiger charge is -2.21. The highest BCUT2D eigenvalue weighted by Crippen LogP contribution is 2.20. The van der Waals surface area contributed by atoms with E-state index in [1.54, 1.807) is 0 Å². The number of fused-ring (bicyclic) bond motifs is 1. The van der Waals surface area contributed by atoms with Gasteiger partial charge >= 0.3 is 6.09 Å². The molecule has 0 bridgehead atoms. The van der Waals surface area contributed by atoms with E-state index >= 15 is 0 Å². The SMILES string of the molecule is CC(C)(C)OC(=O)NCC(CN)c1ccc2[nH]ccc2c1. The van der Waals surface area contributed by atoms with Crippen molar-refractivity contribution in [2.75, 3.05) is 13.1 Å². The first-order valence-electron chi connectivity index (χ1n) is 7.13. The molecule has 0 saturated heterocycles. The summed E-state index contributed by atoms with van der Waals surface area (Å²) >= 11 is 0. The first kappa shape index (κ1) is 15.4. The summed E-state index contributed by atoms with van der Waals surface area (Å²) in [5, 5.41) is 3.92. The lowest BCUT2D eigenvalue weighted by molar-refractivity contribution is 0.0525. The van der Waals surface area contributed by atoms with E-state index in [1.165, 1.54) is 0 Å². The molecular weight excluding hydrogens is 266 g/mol. The van der Waals surface area contributed by atoms with Gasteiger partial charge in [0, 0.05) is 30.7 Å². The maximum absolute atomic E-state index is 11.7. The number of benzene rings is 1. The number of aromatic nitrogens is 1. The molecule has 5 nitrogen and oxygen atoms in total. The molecule has 0 aliphatic heterocycles. The van der Waals surface area contributed by atoms with E-state index in [4.69, 9.17) is 10.5 Å². The van der Waals surface area contributed by atoms with Gasteiger partial charge in [-0.15, -0.1) is 0 Å². The Hall–Kier alpha value is -2.01. The van der Waals surface area contributed by atoms with Gasteiger partial charge in [-0.25, -0.2) is 4.79 Å². The average molecular weight is 289 g/mol. The quantitative estimate of drug-likeness (QED) is 0.809. The van der Waals surface area contributed by atoms with Crippen molar-refractivity contribution in [2.45, 2.75) is 32.3 Å². The van der Waals surface area contributed by atoms with Gasteiger partial charge in [-0.05, 0) is 49.9 Å². The van der Waals surface area contributed by atoms with Crippen LogP contribution in [0.25, 0.3) is 10.9 Å². The summed E-state index contributed by atoms with van der Waals surface area (Å²) in [5.41, 5.74) is 7.55. The van der Waals surface area contributed by atoms with Gasteiger partial charge in [-0.1, -0.05) is 6.07 Å². The van der Waals surface area contributed by atoms with E-state index in [9.17, 15) is 4.79 Å². The van der Waals surface area contributed by atoms with E-state index in [1.807, 2.05) is 45.2 Å². The molecule has 21 heavy (non-hydrogen) atoms. The van der Waals surface area contributed by atoms with Gasteiger partial charge in [0.25, 0.3) is 0 Å². The highest BCUT2D eigenvalue weighted by molar-refractivity contribution is 5.80. The molecule has 0 fully saturated rings. The molecule has 1 heterocycles. The minimum Gasteiger partial charge on any atom is -0.444 e. The number of hydrogen-bond acceptors (Lipinski definition) is 3. The fourth-order valence-corrected chi connectivity index (χ4v) is 2.18. The molecule has 1 atom stereocenters. The number of nitrogens with two attached hydrogens (primary N) is 1. The second kappa shape index (κ2) is 6.18. The third-order valence-corrected chi connectivity index (χ3v) is 3.22. The van der Waals surface area contributed by atoms with Crippen molar-refractivity contribution in [1.82, 2.24) is 10.3 Å². The van der Waals surface area contributed by atoms with Crippen molar-refractivity contribution >= 4 is 17.0 Å². The van der Waals surface area contributed by atoms with Gasteiger partial charge in [0.2, 0.25) is 0 Å². The molecule has 0 aliphatic rings. The van der Waals surface area contributed by atoms with Crippen LogP contribution >= 0.6 is 0 Å². The summed E-state index contributed by atoms with van der Waals surface area (Å²) in [6.07, 6.45) is 1.49. The third kappa shape index (κ3) is 4.23. The summed E-state index contributed by atoms with van der Waals surface area (Å²) < 4.78 is 5.23. The lowest BCUT2D eigenvalue weighted by atomic mass is 9.98. The van der Waals surface area contributed by atoms with Crippen molar-refractivity contribution in [2.24, 2.45) is 5.73 Å². The van der Waals surface area contributed by atoms with Crippen LogP contribution < -0.4 is 11.1 Å². The third-order valence-electron chi connectivity index (χ3n) is 3.22. The van der Waals surface area contributed by atoms with Crippen molar-refractivity contribution in [3.63, 3.8) is 0 Å². The van der Waals surface area contributed by atoms with Gasteiger partial charge in [0.15, 0.2) is 0 Å². The molecule has 1 unspecified atom stereocenters. The van der Waals surface area contributed by atoms with E-state index in [-0.39, 0.29) is 5.92 Å². The van der Waals surface area contributed by atoms with Crippen LogP contribution in [-0.2, 0) is 4.74 Å². The van der Waals surface area contributed by atoms with Crippen molar-refractivity contribution < 1.29 is 9.53 Å². The monoisotopic (exact) mass is 289 g/mol. The van der Waals surface area contributed by atoms with Crippen LogP contribution in [-0.4, -0.2) is 29.8 Å². The van der Waals surface area contributed by atoms with Gasteiger partial charge in [0.05, 0.1) is 0 Å². The minimum absolute atomic E-state index is 0.0665. The second-order valence-electron chi connectivity index (χ2n) is 6.14. The maximum Gasteiger partial charge on any atom is 0.407 e. The molecule has 4 N–H and O–H groups in total. The lowest BCUT2D eigenvalue weighted by Crippen LogP contribution is -2.36. The van der Waals surface area contributed by atoms with Crippen LogP contribution in [0.5, 0.6) is 0 Å². The molecule has 2 aromatic rings. The second-order valence-corrected chi connectivity index (χ2v) is 6.14. The van der Waals surface area contributed by atoms with Gasteiger partial charge in [-0.3, -0.25) is 0 Å². The fourth-order valence-electron chi connectivity index (χ4n) is 2.18. The number of carbonyl (C=O) groups is 1. The number of nitrogens with one attached hydrogen (secondary N) is 2. The van der Waals surface area contributed by atoms with Crippen molar-refractivity contribution in [3.8, 4) is 0 Å². The van der Waals surface area contributed by atoms with Crippen LogP contribution in [0.4, 0.5) is 4.79 Å². The first-order valence-corrected chi connectivity index (χ1v) is 7.13. The van der Waals surface area contributed by atoms with E-state index in [0.29, 0.717) is 13.1 Å². The summed E-state index contributed by atoms with van der Waals surface area (Å²) in [6.45, 7) is 6.44. The Bertz CT molecular complexity index is 613. The molecule has 0 radical (unpaired) electrons. The zero-order valence-corrected chi connectivity index (χ0v) is 12.8. The van der Waals surface area contributed by atoms with Crippen LogP contribution in [0.3, 0.4) is 0 Å². The number of amides is 1. The molecule has 0 saturated carbocycles. The first-order chi connectivity index (χ1) is 9.89. The number of alkyl carbamates (subject to hydrolysis) is 1. The predicted octanol–water partition coefficient (Wildman–Crippen LogP) is 2.73. The Balaban J connectivity index is 2.01. The molecule has 5 heteroatoms. The largest absolute Gasteiger partial charge is 0.444 e. The Morgan fingerprint density at radius 1 is 1.38 bits per heavy atom. The maximum atomic E-state index is 11.7. The Labute approximate surface area is 124 Å². The van der Waals surface area contributed by atoms with Crippen molar-refractivity contribution in [3.05, 3.63) is 36.0 Å². The number of ether oxygens (including phenoxy) is 1. The fraction of sp³-hybridized carbons (Fsp3) is 0.438. The molecule has 1 aromatic heterocycles. The summed E-state index contributed by atoms with van der Waals surface area (Å²) in [4.78, 5) is 14.9. The van der Waals surface area contributed by atoms with Crippen LogP contribution in [0, 0.1) is 0 Å². The van der Waals surface area contributed by atoms with E-state index < -0.39 is 11.7 Å². The van der Waals surface area contributed by atoms with Crippen LogP contribution in [0.15, 0.2) is 30.5 Å². The smallest absolute Gasteiger partial charge is 0.407 e. The highest BCUT2D eigenvalue weighted by Gasteiger charge is 2.18. The molecule has 1 aromatic carbocycles. The predicted molar refractivity (Wildman–Crippen MR) is 84.3 cm³/mol. The van der Waals surface area contributed by atoms with Crippen LogP contribution in [0.2, 0.25) is 0 Å². The molecule has 2 rings (SSSR count). The highest BCUT2D eigenvalue weighted by atomic mass is 16.6. The summed E-state index contributed by atoms with van der Waals surface area (Å²) in [7, 11) is 0. The van der Waals surface area contributed by atoms with Crippen molar-refractivity contribution in [1.29, 1.82) is 0 Å². The minimum atomic E-state index is -0.494. The molecule has 0 spiro atoms. The Morgan fingerprint density at radius 2 is 2.14 bits per heavy atom. The number of aromatic amines is 1. The van der Waals surface area contributed by atoms with Gasteiger partial charge < -0.3 is 20.8 Å². The standard InChI is InChI=1S/C16H23N3O2/c1-16(2,3)21-15(20)19-10-13(9-17)11-4-5-14-12(8-11)6-7-18-14/h4-8,13,18H,9-10,17H2,1-3H3,(H,19,20). The summed E-state index contributed by atoms with van der Waals surface area (Å²) in [6, 6.07) is 8.18. The zero-order valence-electron chi connectivity index (χ0n) is 12.8. The summed E-state index contributed by atoms with van der Waals surface area (Å²) in [5.74, 6) is 0.0665. The molecular formula is C16H23N3O2. The zero-order chi connectivity index (χ0) is 15.5.